The predicted octanol–water partition coefficient (Wildman–Crippen LogP) is 5.37. The highest BCUT2D eigenvalue weighted by molar-refractivity contribution is 6.05. The number of carbonyl (C=O) groups is 3. The summed E-state index contributed by atoms with van der Waals surface area (Å²) < 4.78 is 0. The number of nitrogens with one attached hydrogen (secondary N) is 3. The van der Waals surface area contributed by atoms with Gasteiger partial charge in [-0.2, -0.15) is 0 Å². The zero-order valence-electron chi connectivity index (χ0n) is 22.7. The van der Waals surface area contributed by atoms with Crippen molar-refractivity contribution in [3.63, 3.8) is 0 Å². The van der Waals surface area contributed by atoms with Gasteiger partial charge in [-0.15, -0.1) is 0 Å². The van der Waals surface area contributed by atoms with Crippen LogP contribution in [0, 0.1) is 6.92 Å². The summed E-state index contributed by atoms with van der Waals surface area (Å²) in [6.45, 7) is 7.27. The number of piperidine rings is 1. The molecule has 1 saturated heterocycles. The van der Waals surface area contributed by atoms with Crippen LogP contribution >= 0.6 is 0 Å². The van der Waals surface area contributed by atoms with Gasteiger partial charge in [0.1, 0.15) is 5.82 Å². The average molecular weight is 526 g/mol. The fourth-order valence-electron chi connectivity index (χ4n) is 5.24. The summed E-state index contributed by atoms with van der Waals surface area (Å²) in [6.07, 6.45) is 4.60. The number of fused-ring (bicyclic) bond motifs is 1. The largest absolute Gasteiger partial charge is 0.368 e. The first-order chi connectivity index (χ1) is 18.8. The van der Waals surface area contributed by atoms with E-state index in [4.69, 9.17) is 0 Å². The number of benzene rings is 2. The van der Waals surface area contributed by atoms with Gasteiger partial charge < -0.3 is 20.9 Å². The Labute approximate surface area is 229 Å². The number of hydrogen-bond acceptors (Lipinski definition) is 5. The topological polar surface area (TPSA) is 103 Å². The fourth-order valence-corrected chi connectivity index (χ4v) is 5.24. The Kier molecular flexibility index (Phi) is 7.63. The number of nitrogens with zero attached hydrogens (tertiary/aromatic N) is 2. The second kappa shape index (κ2) is 11.3. The van der Waals surface area contributed by atoms with Gasteiger partial charge in [0.15, 0.2) is 0 Å². The van der Waals surface area contributed by atoms with E-state index in [0.29, 0.717) is 48.1 Å². The second-order valence-corrected chi connectivity index (χ2v) is 10.7. The van der Waals surface area contributed by atoms with Crippen LogP contribution in [0.3, 0.4) is 0 Å². The summed E-state index contributed by atoms with van der Waals surface area (Å²) in [4.78, 5) is 44.2. The second-order valence-electron chi connectivity index (χ2n) is 10.7. The zero-order valence-corrected chi connectivity index (χ0v) is 22.7. The molecule has 39 heavy (non-hydrogen) atoms. The Balaban J connectivity index is 1.21. The average Bonchev–Trinajstić information content (AvgIpc) is 2.93. The quantitative estimate of drug-likeness (QED) is 0.402. The highest BCUT2D eigenvalue weighted by Crippen LogP contribution is 2.33. The van der Waals surface area contributed by atoms with E-state index in [1.807, 2.05) is 37.8 Å². The van der Waals surface area contributed by atoms with Crippen LogP contribution in [0.1, 0.15) is 76.4 Å². The van der Waals surface area contributed by atoms with Gasteiger partial charge >= 0.3 is 0 Å². The molecule has 8 nitrogen and oxygen atoms in total. The van der Waals surface area contributed by atoms with E-state index in [1.165, 1.54) is 11.1 Å². The molecule has 2 aliphatic rings. The predicted molar refractivity (Wildman–Crippen MR) is 153 cm³/mol. The van der Waals surface area contributed by atoms with E-state index in [9.17, 15) is 14.4 Å². The van der Waals surface area contributed by atoms with Gasteiger partial charge in [-0.25, -0.2) is 4.98 Å². The Hall–Kier alpha value is -4.20. The molecule has 202 valence electrons. The van der Waals surface area contributed by atoms with E-state index >= 15 is 0 Å². The van der Waals surface area contributed by atoms with E-state index in [2.05, 4.69) is 39.1 Å². The molecule has 0 atom stereocenters. The van der Waals surface area contributed by atoms with Crippen LogP contribution in [0.5, 0.6) is 0 Å². The van der Waals surface area contributed by atoms with Gasteiger partial charge in [0.2, 0.25) is 5.91 Å². The van der Waals surface area contributed by atoms with Crippen LogP contribution in [-0.2, 0) is 11.2 Å². The molecule has 0 radical (unpaired) electrons. The van der Waals surface area contributed by atoms with Crippen LogP contribution in [0.2, 0.25) is 0 Å². The van der Waals surface area contributed by atoms with E-state index < -0.39 is 0 Å². The van der Waals surface area contributed by atoms with Gasteiger partial charge in [0.25, 0.3) is 11.8 Å². The van der Waals surface area contributed by atoms with Crippen molar-refractivity contribution < 1.29 is 14.4 Å². The zero-order chi connectivity index (χ0) is 27.5. The first-order valence-corrected chi connectivity index (χ1v) is 13.6. The molecule has 3 N–H and O–H groups in total. The number of aromatic nitrogens is 1. The minimum absolute atomic E-state index is 0.0348. The molecule has 3 amide bonds. The summed E-state index contributed by atoms with van der Waals surface area (Å²) in [5.74, 6) is 0.831. The maximum Gasteiger partial charge on any atom is 0.257 e. The molecule has 3 aromatic rings. The van der Waals surface area contributed by atoms with E-state index in [-0.39, 0.29) is 23.8 Å². The first-order valence-electron chi connectivity index (χ1n) is 13.6. The lowest BCUT2D eigenvalue weighted by Gasteiger charge is -2.33. The minimum Gasteiger partial charge on any atom is -0.368 e. The third-order valence-corrected chi connectivity index (χ3v) is 7.48. The maximum absolute atomic E-state index is 13.4. The summed E-state index contributed by atoms with van der Waals surface area (Å²) >= 11 is 0. The van der Waals surface area contributed by atoms with Crippen molar-refractivity contribution in [3.8, 4) is 0 Å². The normalized spacial score (nSPS) is 15.5. The molecule has 2 aromatic carbocycles. The van der Waals surface area contributed by atoms with Crippen molar-refractivity contribution in [2.24, 2.45) is 0 Å². The minimum atomic E-state index is -0.270. The van der Waals surface area contributed by atoms with Gasteiger partial charge in [-0.1, -0.05) is 18.2 Å². The Morgan fingerprint density at radius 2 is 1.77 bits per heavy atom. The smallest absolute Gasteiger partial charge is 0.257 e. The summed E-state index contributed by atoms with van der Waals surface area (Å²) in [7, 11) is 0. The van der Waals surface area contributed by atoms with Crippen molar-refractivity contribution in [1.82, 2.24) is 9.88 Å². The molecule has 3 heterocycles. The lowest BCUT2D eigenvalue weighted by Crippen LogP contribution is -2.38. The Morgan fingerprint density at radius 1 is 1.00 bits per heavy atom. The molecular weight excluding hydrogens is 490 g/mol. The van der Waals surface area contributed by atoms with Crippen molar-refractivity contribution >= 4 is 34.9 Å². The lowest BCUT2D eigenvalue weighted by atomic mass is 9.87. The van der Waals surface area contributed by atoms with E-state index in [0.717, 1.165) is 30.5 Å². The molecule has 0 bridgehead atoms. The van der Waals surface area contributed by atoms with Crippen molar-refractivity contribution in [3.05, 3.63) is 82.5 Å². The molecule has 1 aromatic heterocycles. The van der Waals surface area contributed by atoms with E-state index in [1.54, 1.807) is 24.4 Å². The summed E-state index contributed by atoms with van der Waals surface area (Å²) in [5.41, 5.74) is 5.82. The molecule has 0 unspecified atom stereocenters. The third kappa shape index (κ3) is 6.11. The molecule has 1 fully saturated rings. The number of carbonyl (C=O) groups excluding carboxylic acids is 3. The van der Waals surface area contributed by atoms with Gasteiger partial charge in [0.05, 0.1) is 5.56 Å². The van der Waals surface area contributed by atoms with Crippen LogP contribution in [0.4, 0.5) is 17.2 Å². The number of rotatable bonds is 6. The van der Waals surface area contributed by atoms with Gasteiger partial charge in [-0.05, 0) is 93.0 Å². The summed E-state index contributed by atoms with van der Waals surface area (Å²) in [6, 6.07) is 15.6. The van der Waals surface area contributed by atoms with Crippen molar-refractivity contribution in [2.45, 2.75) is 58.4 Å². The molecule has 0 spiro atoms. The molecule has 0 aliphatic carbocycles. The standard InChI is InChI=1S/C31H35N5O3/c1-19(2)33-28-10-8-25(18-32-28)30(38)35-26-17-24(5-4-20(26)3)31(39)36-14-12-21(13-15-36)23-7-6-22-9-11-29(37)34-27(22)16-23/h4-8,10,16-19,21H,9,11-15H2,1-3H3,(H,32,33)(H,34,37)(H,35,38). The number of amides is 3. The van der Waals surface area contributed by atoms with Gasteiger partial charge in [-0.3, -0.25) is 14.4 Å². The Morgan fingerprint density at radius 3 is 2.49 bits per heavy atom. The number of pyridine rings is 1. The van der Waals surface area contributed by atoms with Crippen molar-refractivity contribution in [1.29, 1.82) is 0 Å². The maximum atomic E-state index is 13.4. The fraction of sp³-hybridized carbons (Fsp3) is 0.355. The molecular formula is C31H35N5O3. The van der Waals surface area contributed by atoms with Crippen molar-refractivity contribution in [2.75, 3.05) is 29.0 Å². The molecule has 2 aliphatic heterocycles. The molecule has 5 rings (SSSR count). The van der Waals surface area contributed by atoms with Crippen LogP contribution < -0.4 is 16.0 Å². The number of likely N-dealkylation sites (tertiary alicyclic amines) is 1. The highest BCUT2D eigenvalue weighted by Gasteiger charge is 2.26. The van der Waals surface area contributed by atoms with Crippen LogP contribution in [-0.4, -0.2) is 46.7 Å². The molecule has 0 saturated carbocycles. The monoisotopic (exact) mass is 525 g/mol. The number of aryl methyl sites for hydroxylation is 2. The molecule has 8 heteroatoms. The number of hydrogen-bond donors (Lipinski definition) is 3. The van der Waals surface area contributed by atoms with Gasteiger partial charge in [0, 0.05) is 48.7 Å². The number of anilines is 3. The Bertz CT molecular complexity index is 1390. The third-order valence-electron chi connectivity index (χ3n) is 7.48. The first kappa shape index (κ1) is 26.4. The highest BCUT2D eigenvalue weighted by atomic mass is 16.2. The SMILES string of the molecule is Cc1ccc(C(=O)N2CCC(c3ccc4c(c3)NC(=O)CC4)CC2)cc1NC(=O)c1ccc(NC(C)C)nc1. The van der Waals surface area contributed by atoms with Crippen LogP contribution in [0.25, 0.3) is 0 Å². The van der Waals surface area contributed by atoms with Crippen LogP contribution in [0.15, 0.2) is 54.7 Å². The lowest BCUT2D eigenvalue weighted by molar-refractivity contribution is -0.116. The summed E-state index contributed by atoms with van der Waals surface area (Å²) in [5, 5.41) is 9.14.